The van der Waals surface area contributed by atoms with E-state index in [9.17, 15) is 8.42 Å². The Morgan fingerprint density at radius 3 is 2.38 bits per heavy atom. The second-order valence-electron chi connectivity index (χ2n) is 3.21. The molecule has 5 nitrogen and oxygen atoms in total. The van der Waals surface area contributed by atoms with Crippen molar-refractivity contribution in [2.75, 3.05) is 5.73 Å². The van der Waals surface area contributed by atoms with Crippen LogP contribution in [0.15, 0.2) is 36.4 Å². The third kappa shape index (κ3) is 2.07. The van der Waals surface area contributed by atoms with Crippen molar-refractivity contribution in [3.8, 4) is 5.75 Å². The van der Waals surface area contributed by atoms with Gasteiger partial charge in [0, 0.05) is 16.5 Å². The molecule has 2 rings (SSSR count). The van der Waals surface area contributed by atoms with Crippen molar-refractivity contribution in [3.05, 3.63) is 36.4 Å². The van der Waals surface area contributed by atoms with E-state index in [4.69, 9.17) is 10.3 Å². The second-order valence-corrected chi connectivity index (χ2v) is 4.23. The highest BCUT2D eigenvalue weighted by atomic mass is 32.3. The van der Waals surface area contributed by atoms with Crippen molar-refractivity contribution in [2.24, 2.45) is 0 Å². The third-order valence-corrected chi connectivity index (χ3v) is 2.50. The largest absolute Gasteiger partial charge is 0.446 e. The van der Waals surface area contributed by atoms with Crippen molar-refractivity contribution in [3.63, 3.8) is 0 Å². The molecule has 3 N–H and O–H groups in total. The minimum absolute atomic E-state index is 0.0484. The molecule has 0 aromatic heterocycles. The van der Waals surface area contributed by atoms with Crippen molar-refractivity contribution >= 4 is 26.9 Å². The number of nitrogens with two attached hydrogens (primary N) is 1. The predicted molar refractivity (Wildman–Crippen MR) is 60.5 cm³/mol. The van der Waals surface area contributed by atoms with Gasteiger partial charge >= 0.3 is 10.4 Å². The molecule has 0 aliphatic heterocycles. The molecule has 0 fully saturated rings. The van der Waals surface area contributed by atoms with Gasteiger partial charge < -0.3 is 9.92 Å². The Hall–Kier alpha value is -1.79. The molecule has 0 heterocycles. The van der Waals surface area contributed by atoms with E-state index in [1.165, 1.54) is 6.07 Å². The van der Waals surface area contributed by atoms with Crippen molar-refractivity contribution in [1.29, 1.82) is 0 Å². The molecule has 6 heteroatoms. The topological polar surface area (TPSA) is 89.6 Å². The van der Waals surface area contributed by atoms with E-state index < -0.39 is 10.4 Å². The summed E-state index contributed by atoms with van der Waals surface area (Å²) in [7, 11) is -4.52. The van der Waals surface area contributed by atoms with E-state index in [0.717, 1.165) is 0 Å². The number of fused-ring (bicyclic) bond motifs is 1. The quantitative estimate of drug-likeness (QED) is 0.613. The zero-order valence-electron chi connectivity index (χ0n) is 8.12. The normalized spacial score (nSPS) is 11.6. The first-order valence-electron chi connectivity index (χ1n) is 4.41. The Bertz CT molecular complexity index is 636. The van der Waals surface area contributed by atoms with Gasteiger partial charge in [-0.1, -0.05) is 24.3 Å². The molecular weight excluding hydrogens is 230 g/mol. The summed E-state index contributed by atoms with van der Waals surface area (Å²) in [5, 5.41) is 1.20. The van der Waals surface area contributed by atoms with Crippen LogP contribution in [0.5, 0.6) is 5.75 Å². The number of rotatable bonds is 2. The molecule has 0 atom stereocenters. The number of anilines is 1. The standard InChI is InChI=1S/C10H9NO4S/c11-9-5-1-4-8-7(9)3-2-6-10(8)15-16(12,13)14/h1-6H,11H2,(H,12,13,14). The summed E-state index contributed by atoms with van der Waals surface area (Å²) in [6.07, 6.45) is 0. The first-order valence-corrected chi connectivity index (χ1v) is 5.78. The predicted octanol–water partition coefficient (Wildman–Crippen LogP) is 1.60. The maximum Gasteiger partial charge on any atom is 0.446 e. The number of nitrogen functional groups attached to an aromatic ring is 1. The lowest BCUT2D eigenvalue weighted by atomic mass is 10.1. The van der Waals surface area contributed by atoms with E-state index in [1.807, 2.05) is 0 Å². The molecule has 0 amide bonds. The summed E-state index contributed by atoms with van der Waals surface area (Å²) >= 11 is 0. The first-order chi connectivity index (χ1) is 7.47. The van der Waals surface area contributed by atoms with Gasteiger partial charge in [-0.05, 0) is 12.1 Å². The first kappa shape index (κ1) is 10.7. The van der Waals surface area contributed by atoms with Gasteiger partial charge in [0.15, 0.2) is 5.75 Å². The molecular formula is C10H9NO4S. The van der Waals surface area contributed by atoms with Crippen LogP contribution in [0.25, 0.3) is 10.8 Å². The lowest BCUT2D eigenvalue weighted by Gasteiger charge is -2.07. The molecule has 0 radical (unpaired) electrons. The fraction of sp³-hybridized carbons (Fsp3) is 0. The Morgan fingerprint density at radius 1 is 1.06 bits per heavy atom. The van der Waals surface area contributed by atoms with E-state index >= 15 is 0 Å². The highest BCUT2D eigenvalue weighted by Crippen LogP contribution is 2.29. The zero-order chi connectivity index (χ0) is 11.8. The SMILES string of the molecule is Nc1cccc2c(OS(=O)(=O)O)cccc12. The van der Waals surface area contributed by atoms with Crippen LogP contribution in [0.1, 0.15) is 0 Å². The van der Waals surface area contributed by atoms with Crippen LogP contribution in [0, 0.1) is 0 Å². The molecule has 0 unspecified atom stereocenters. The summed E-state index contributed by atoms with van der Waals surface area (Å²) < 4.78 is 34.3. The van der Waals surface area contributed by atoms with Gasteiger partial charge in [-0.3, -0.25) is 4.55 Å². The molecule has 0 aliphatic rings. The maximum atomic E-state index is 10.6. The van der Waals surface area contributed by atoms with Gasteiger partial charge in [-0.2, -0.15) is 8.42 Å². The molecule has 2 aromatic rings. The molecule has 84 valence electrons. The molecule has 0 saturated heterocycles. The molecule has 2 aromatic carbocycles. The Morgan fingerprint density at radius 2 is 1.69 bits per heavy atom. The lowest BCUT2D eigenvalue weighted by Crippen LogP contribution is -2.06. The average Bonchev–Trinajstić information content (AvgIpc) is 2.17. The highest BCUT2D eigenvalue weighted by molar-refractivity contribution is 7.81. The molecule has 16 heavy (non-hydrogen) atoms. The van der Waals surface area contributed by atoms with Crippen LogP contribution >= 0.6 is 0 Å². The molecule has 0 bridgehead atoms. The summed E-state index contributed by atoms with van der Waals surface area (Å²) in [6.45, 7) is 0. The molecule has 0 saturated carbocycles. The fourth-order valence-electron chi connectivity index (χ4n) is 1.49. The summed E-state index contributed by atoms with van der Waals surface area (Å²) in [5.41, 5.74) is 6.23. The van der Waals surface area contributed by atoms with Crippen LogP contribution in [0.2, 0.25) is 0 Å². The second kappa shape index (κ2) is 3.66. The van der Waals surface area contributed by atoms with Gasteiger partial charge in [0.05, 0.1) is 0 Å². The molecule has 0 aliphatic carbocycles. The minimum Gasteiger partial charge on any atom is -0.398 e. The van der Waals surface area contributed by atoms with Crippen LogP contribution in [0.3, 0.4) is 0 Å². The van der Waals surface area contributed by atoms with Gasteiger partial charge in [0.1, 0.15) is 0 Å². The monoisotopic (exact) mass is 239 g/mol. The summed E-state index contributed by atoms with van der Waals surface area (Å²) in [5.74, 6) is 0.0484. The van der Waals surface area contributed by atoms with Gasteiger partial charge in [0.25, 0.3) is 0 Å². The highest BCUT2D eigenvalue weighted by Gasteiger charge is 2.10. The lowest BCUT2D eigenvalue weighted by molar-refractivity contribution is 0.388. The van der Waals surface area contributed by atoms with Crippen molar-refractivity contribution in [1.82, 2.24) is 0 Å². The molecule has 0 spiro atoms. The maximum absolute atomic E-state index is 10.6. The van der Waals surface area contributed by atoms with E-state index in [2.05, 4.69) is 4.18 Å². The number of hydrogen-bond acceptors (Lipinski definition) is 4. The van der Waals surface area contributed by atoms with E-state index in [1.54, 1.807) is 30.3 Å². The summed E-state index contributed by atoms with van der Waals surface area (Å²) in [6, 6.07) is 9.80. The van der Waals surface area contributed by atoms with Crippen molar-refractivity contribution in [2.45, 2.75) is 0 Å². The third-order valence-electron chi connectivity index (χ3n) is 2.11. The van der Waals surface area contributed by atoms with E-state index in [0.29, 0.717) is 16.5 Å². The Labute approximate surface area is 92.4 Å². The van der Waals surface area contributed by atoms with Gasteiger partial charge in [0.2, 0.25) is 0 Å². The zero-order valence-corrected chi connectivity index (χ0v) is 8.94. The van der Waals surface area contributed by atoms with E-state index in [-0.39, 0.29) is 5.75 Å². The number of hydrogen-bond donors (Lipinski definition) is 2. The van der Waals surface area contributed by atoms with Gasteiger partial charge in [-0.25, -0.2) is 0 Å². The van der Waals surface area contributed by atoms with Gasteiger partial charge in [-0.15, -0.1) is 0 Å². The fourth-order valence-corrected chi connectivity index (χ4v) is 1.86. The smallest absolute Gasteiger partial charge is 0.398 e. The van der Waals surface area contributed by atoms with Crippen LogP contribution < -0.4 is 9.92 Å². The van der Waals surface area contributed by atoms with Crippen LogP contribution in [0.4, 0.5) is 5.69 Å². The average molecular weight is 239 g/mol. The Balaban J connectivity index is 2.67. The Kier molecular flexibility index (Phi) is 2.45. The van der Waals surface area contributed by atoms with Crippen molar-refractivity contribution < 1.29 is 17.2 Å². The van der Waals surface area contributed by atoms with Crippen LogP contribution in [-0.2, 0) is 10.4 Å². The number of benzene rings is 2. The van der Waals surface area contributed by atoms with Crippen LogP contribution in [-0.4, -0.2) is 13.0 Å². The minimum atomic E-state index is -4.52. The summed E-state index contributed by atoms with van der Waals surface area (Å²) in [4.78, 5) is 0.